The molecule has 0 spiro atoms. The Labute approximate surface area is 127 Å². The van der Waals surface area contributed by atoms with Crippen LogP contribution < -0.4 is 0 Å². The van der Waals surface area contributed by atoms with Gasteiger partial charge in [0, 0.05) is 9.79 Å². The molecule has 3 aromatic rings. The predicted octanol–water partition coefficient (Wildman–Crippen LogP) is 5.50. The van der Waals surface area contributed by atoms with Crippen LogP contribution in [0, 0.1) is 0 Å². The molecule has 1 aliphatic rings. The van der Waals surface area contributed by atoms with Gasteiger partial charge in [-0.2, -0.15) is 10.0 Å². The van der Waals surface area contributed by atoms with E-state index in [-0.39, 0.29) is 0 Å². The molecule has 0 saturated carbocycles. The van der Waals surface area contributed by atoms with Crippen LogP contribution in [0.3, 0.4) is 0 Å². The maximum absolute atomic E-state index is 2.44. The summed E-state index contributed by atoms with van der Waals surface area (Å²) in [6.07, 6.45) is 3.50. The van der Waals surface area contributed by atoms with E-state index in [1.165, 1.54) is 25.8 Å². The second kappa shape index (κ2) is 4.78. The van der Waals surface area contributed by atoms with E-state index in [0.29, 0.717) is 0 Å². The number of rotatable bonds is 1. The van der Waals surface area contributed by atoms with E-state index >= 15 is 0 Å². The molecule has 3 aromatic carbocycles. The zero-order valence-corrected chi connectivity index (χ0v) is 12.9. The lowest BCUT2D eigenvalue weighted by Gasteiger charge is -2.43. The summed E-state index contributed by atoms with van der Waals surface area (Å²) in [6, 6.07) is 28.9. The molecular formula is C20H18S. The molecule has 4 rings (SSSR count). The third kappa shape index (κ3) is 1.85. The van der Waals surface area contributed by atoms with E-state index in [0.717, 1.165) is 6.42 Å². The maximum atomic E-state index is 2.44. The van der Waals surface area contributed by atoms with Crippen molar-refractivity contribution in [1.82, 2.24) is 0 Å². The van der Waals surface area contributed by atoms with Crippen LogP contribution in [-0.4, -0.2) is 6.26 Å². The van der Waals surface area contributed by atoms with Crippen molar-refractivity contribution in [3.63, 3.8) is 0 Å². The van der Waals surface area contributed by atoms with E-state index in [1.54, 1.807) is 0 Å². The molecule has 0 amide bonds. The highest BCUT2D eigenvalue weighted by atomic mass is 32.3. The molecular weight excluding hydrogens is 272 g/mol. The summed E-state index contributed by atoms with van der Waals surface area (Å²) in [4.78, 5) is 4.49. The molecule has 0 unspecified atom stereocenters. The first-order valence-corrected chi connectivity index (χ1v) is 9.33. The van der Waals surface area contributed by atoms with E-state index in [1.807, 2.05) is 0 Å². The Morgan fingerprint density at radius 2 is 1.10 bits per heavy atom. The van der Waals surface area contributed by atoms with Gasteiger partial charge in [0.2, 0.25) is 0 Å². The minimum Gasteiger partial charge on any atom is -0.163 e. The fourth-order valence-corrected chi connectivity index (χ4v) is 6.84. The summed E-state index contributed by atoms with van der Waals surface area (Å²) in [6.45, 7) is 0. The van der Waals surface area contributed by atoms with Gasteiger partial charge in [-0.05, 0) is 53.0 Å². The fourth-order valence-electron chi connectivity index (χ4n) is 3.37. The lowest BCUT2D eigenvalue weighted by molar-refractivity contribution is 1.03. The number of fused-ring (bicyclic) bond motifs is 2. The summed E-state index contributed by atoms with van der Waals surface area (Å²) in [5, 5.41) is 0. The van der Waals surface area contributed by atoms with Crippen molar-refractivity contribution < 1.29 is 0 Å². The van der Waals surface area contributed by atoms with Crippen LogP contribution in [0.2, 0.25) is 0 Å². The quantitative estimate of drug-likeness (QED) is 0.555. The van der Waals surface area contributed by atoms with Gasteiger partial charge < -0.3 is 0 Å². The molecule has 0 bridgehead atoms. The number of benzene rings is 3. The molecule has 0 aromatic heterocycles. The first-order valence-electron chi connectivity index (χ1n) is 7.29. The van der Waals surface area contributed by atoms with Gasteiger partial charge in [-0.3, -0.25) is 0 Å². The van der Waals surface area contributed by atoms with Crippen molar-refractivity contribution >= 4 is 10.0 Å². The Morgan fingerprint density at radius 3 is 1.67 bits per heavy atom. The third-order valence-electron chi connectivity index (χ3n) is 4.42. The van der Waals surface area contributed by atoms with Crippen molar-refractivity contribution in [3.8, 4) is 0 Å². The van der Waals surface area contributed by atoms with Crippen LogP contribution in [0.25, 0.3) is 0 Å². The average molecular weight is 290 g/mol. The normalized spacial score (nSPS) is 16.6. The second-order valence-electron chi connectivity index (χ2n) is 5.62. The molecule has 0 aliphatic carbocycles. The topological polar surface area (TPSA) is 0 Å². The SMILES string of the molecule is CS1(c2ccccc2)c2ccccc2Cc2ccccc21. The van der Waals surface area contributed by atoms with Crippen LogP contribution in [0.4, 0.5) is 0 Å². The molecule has 0 N–H and O–H groups in total. The van der Waals surface area contributed by atoms with Gasteiger partial charge in [-0.1, -0.05) is 54.6 Å². The van der Waals surface area contributed by atoms with Crippen LogP contribution in [0.5, 0.6) is 0 Å². The molecule has 21 heavy (non-hydrogen) atoms. The van der Waals surface area contributed by atoms with Gasteiger partial charge in [0.05, 0.1) is 0 Å². The molecule has 104 valence electrons. The summed E-state index contributed by atoms with van der Waals surface area (Å²) in [5.74, 6) is 0. The van der Waals surface area contributed by atoms with E-state index in [4.69, 9.17) is 0 Å². The molecule has 0 atom stereocenters. The Balaban J connectivity index is 2.06. The summed E-state index contributed by atoms with van der Waals surface area (Å²) in [7, 11) is -1.14. The van der Waals surface area contributed by atoms with Crippen LogP contribution >= 0.6 is 10.0 Å². The van der Waals surface area contributed by atoms with Crippen molar-refractivity contribution in [2.45, 2.75) is 21.1 Å². The largest absolute Gasteiger partial charge is 0.163 e. The lowest BCUT2D eigenvalue weighted by atomic mass is 10.0. The molecule has 0 radical (unpaired) electrons. The Bertz CT molecular complexity index is 744. The first kappa shape index (κ1) is 12.7. The van der Waals surface area contributed by atoms with Crippen molar-refractivity contribution in [3.05, 3.63) is 90.0 Å². The van der Waals surface area contributed by atoms with Crippen molar-refractivity contribution in [2.24, 2.45) is 0 Å². The standard InChI is InChI=1S/C20H18S/c1-21(18-11-3-2-4-12-18)19-13-7-5-9-16(19)15-17-10-6-8-14-20(17)21/h2-14H,15H2,1H3. The molecule has 0 saturated heterocycles. The molecule has 0 nitrogen and oxygen atoms in total. The Morgan fingerprint density at radius 1 is 0.619 bits per heavy atom. The van der Waals surface area contributed by atoms with Gasteiger partial charge in [0.25, 0.3) is 0 Å². The smallest absolute Gasteiger partial charge is 0.00145 e. The van der Waals surface area contributed by atoms with Crippen LogP contribution in [-0.2, 0) is 6.42 Å². The molecule has 1 heterocycles. The zero-order valence-electron chi connectivity index (χ0n) is 12.1. The lowest BCUT2D eigenvalue weighted by Crippen LogP contribution is -2.12. The summed E-state index contributed by atoms with van der Waals surface area (Å²) >= 11 is 0. The van der Waals surface area contributed by atoms with Gasteiger partial charge in [0.1, 0.15) is 0 Å². The fraction of sp³-hybridized carbons (Fsp3) is 0.100. The second-order valence-corrected chi connectivity index (χ2v) is 8.81. The van der Waals surface area contributed by atoms with E-state index in [2.05, 4.69) is 85.1 Å². The minimum absolute atomic E-state index is 1.06. The number of hydrogen-bond acceptors (Lipinski definition) is 0. The van der Waals surface area contributed by atoms with Crippen molar-refractivity contribution in [2.75, 3.05) is 6.26 Å². The average Bonchev–Trinajstić information content (AvgIpc) is 2.56. The monoisotopic (exact) mass is 290 g/mol. The predicted molar refractivity (Wildman–Crippen MR) is 90.4 cm³/mol. The van der Waals surface area contributed by atoms with Gasteiger partial charge in [-0.25, -0.2) is 0 Å². The van der Waals surface area contributed by atoms with E-state index in [9.17, 15) is 0 Å². The van der Waals surface area contributed by atoms with Crippen LogP contribution in [0.1, 0.15) is 11.1 Å². The van der Waals surface area contributed by atoms with Gasteiger partial charge >= 0.3 is 0 Å². The number of hydrogen-bond donors (Lipinski definition) is 0. The molecule has 0 fully saturated rings. The Kier molecular flexibility index (Phi) is 2.90. The maximum Gasteiger partial charge on any atom is 0.00145 e. The highest BCUT2D eigenvalue weighted by Gasteiger charge is 2.33. The highest BCUT2D eigenvalue weighted by molar-refractivity contribution is 8.33. The molecule has 1 aliphatic heterocycles. The molecule has 1 heteroatoms. The van der Waals surface area contributed by atoms with Crippen LogP contribution in [0.15, 0.2) is 93.5 Å². The summed E-state index contributed by atoms with van der Waals surface area (Å²) in [5.41, 5.74) is 2.97. The van der Waals surface area contributed by atoms with E-state index < -0.39 is 10.0 Å². The zero-order chi connectivity index (χ0) is 14.3. The minimum atomic E-state index is -1.14. The van der Waals surface area contributed by atoms with Gasteiger partial charge in [0.15, 0.2) is 0 Å². The summed E-state index contributed by atoms with van der Waals surface area (Å²) < 4.78 is 0. The third-order valence-corrected chi connectivity index (χ3v) is 8.19. The Hall–Kier alpha value is -1.99. The van der Waals surface area contributed by atoms with Crippen molar-refractivity contribution in [1.29, 1.82) is 0 Å². The highest BCUT2D eigenvalue weighted by Crippen LogP contribution is 2.69. The van der Waals surface area contributed by atoms with Gasteiger partial charge in [-0.15, -0.1) is 0 Å². The first-order chi connectivity index (χ1) is 10.3.